The molecule has 1 aromatic rings. The average Bonchev–Trinajstić information content (AvgIpc) is 2.37. The molecular formula is C17H25ClN2O. The first-order valence-electron chi connectivity index (χ1n) is 7.65. The van der Waals surface area contributed by atoms with E-state index in [-0.39, 0.29) is 5.91 Å². The minimum atomic E-state index is 0.234. The molecule has 1 aromatic carbocycles. The number of nitrogens with zero attached hydrogens (tertiary/aromatic N) is 2. The Labute approximate surface area is 132 Å². The van der Waals surface area contributed by atoms with Gasteiger partial charge in [0.15, 0.2) is 0 Å². The Morgan fingerprint density at radius 3 is 2.62 bits per heavy atom. The summed E-state index contributed by atoms with van der Waals surface area (Å²) in [5.41, 5.74) is 1.14. The molecule has 0 bridgehead atoms. The van der Waals surface area contributed by atoms with E-state index in [0.29, 0.717) is 18.4 Å². The van der Waals surface area contributed by atoms with Gasteiger partial charge < -0.3 is 4.90 Å². The number of carbonyl (C=O) groups is 1. The SMILES string of the molecule is CC1CC(C)CN(C(=O)CN(C)Cc2cccc(Cl)c2)C1. The van der Waals surface area contributed by atoms with Crippen molar-refractivity contribution in [3.8, 4) is 0 Å². The molecule has 1 amide bonds. The van der Waals surface area contributed by atoms with Gasteiger partial charge in [-0.05, 0) is 43.0 Å². The molecule has 2 rings (SSSR count). The Bertz CT molecular complexity index is 481. The third kappa shape index (κ3) is 5.01. The molecule has 21 heavy (non-hydrogen) atoms. The second kappa shape index (κ2) is 7.28. The molecule has 1 heterocycles. The molecule has 0 spiro atoms. The molecule has 4 heteroatoms. The fourth-order valence-electron chi connectivity index (χ4n) is 3.20. The van der Waals surface area contributed by atoms with Gasteiger partial charge in [0.05, 0.1) is 6.54 Å². The van der Waals surface area contributed by atoms with Gasteiger partial charge in [-0.3, -0.25) is 9.69 Å². The van der Waals surface area contributed by atoms with E-state index in [1.807, 2.05) is 36.2 Å². The number of carbonyl (C=O) groups excluding carboxylic acids is 1. The molecule has 2 unspecified atom stereocenters. The maximum absolute atomic E-state index is 12.4. The fraction of sp³-hybridized carbons (Fsp3) is 0.588. The van der Waals surface area contributed by atoms with Crippen molar-refractivity contribution in [3.63, 3.8) is 0 Å². The second-order valence-electron chi connectivity index (χ2n) is 6.55. The summed E-state index contributed by atoms with van der Waals surface area (Å²) in [6.07, 6.45) is 1.22. The van der Waals surface area contributed by atoms with Crippen molar-refractivity contribution < 1.29 is 4.79 Å². The monoisotopic (exact) mass is 308 g/mol. The van der Waals surface area contributed by atoms with Crippen LogP contribution in [0.15, 0.2) is 24.3 Å². The topological polar surface area (TPSA) is 23.6 Å². The van der Waals surface area contributed by atoms with E-state index in [0.717, 1.165) is 30.2 Å². The van der Waals surface area contributed by atoms with E-state index >= 15 is 0 Å². The first-order valence-corrected chi connectivity index (χ1v) is 8.02. The minimum Gasteiger partial charge on any atom is -0.341 e. The zero-order valence-electron chi connectivity index (χ0n) is 13.2. The molecule has 116 valence electrons. The third-order valence-corrected chi connectivity index (χ3v) is 4.20. The van der Waals surface area contributed by atoms with Gasteiger partial charge in [0.25, 0.3) is 0 Å². The highest BCUT2D eigenvalue weighted by molar-refractivity contribution is 6.30. The number of hydrogen-bond donors (Lipinski definition) is 0. The number of likely N-dealkylation sites (N-methyl/N-ethyl adjacent to an activating group) is 1. The highest BCUT2D eigenvalue weighted by atomic mass is 35.5. The Morgan fingerprint density at radius 2 is 2.00 bits per heavy atom. The highest BCUT2D eigenvalue weighted by Crippen LogP contribution is 2.21. The van der Waals surface area contributed by atoms with Crippen LogP contribution in [0.4, 0.5) is 0 Å². The lowest BCUT2D eigenvalue weighted by molar-refractivity contribution is -0.134. The van der Waals surface area contributed by atoms with E-state index in [4.69, 9.17) is 11.6 Å². The third-order valence-electron chi connectivity index (χ3n) is 3.97. The van der Waals surface area contributed by atoms with Gasteiger partial charge in [0.1, 0.15) is 0 Å². The zero-order valence-corrected chi connectivity index (χ0v) is 13.9. The Morgan fingerprint density at radius 1 is 1.33 bits per heavy atom. The van der Waals surface area contributed by atoms with Crippen molar-refractivity contribution in [1.82, 2.24) is 9.80 Å². The van der Waals surface area contributed by atoms with Crippen molar-refractivity contribution in [3.05, 3.63) is 34.9 Å². The lowest BCUT2D eigenvalue weighted by Crippen LogP contribution is -2.46. The van der Waals surface area contributed by atoms with Gasteiger partial charge in [-0.1, -0.05) is 37.6 Å². The molecule has 2 atom stereocenters. The highest BCUT2D eigenvalue weighted by Gasteiger charge is 2.25. The van der Waals surface area contributed by atoms with Crippen LogP contribution in [0.25, 0.3) is 0 Å². The number of benzene rings is 1. The summed E-state index contributed by atoms with van der Waals surface area (Å²) in [6, 6.07) is 7.81. The Kier molecular flexibility index (Phi) is 5.65. The second-order valence-corrected chi connectivity index (χ2v) is 6.98. The van der Waals surface area contributed by atoms with Gasteiger partial charge in [0, 0.05) is 24.7 Å². The number of amides is 1. The summed E-state index contributed by atoms with van der Waals surface area (Å²) in [7, 11) is 1.98. The molecule has 0 aliphatic carbocycles. The normalized spacial score (nSPS) is 22.6. The van der Waals surface area contributed by atoms with Crippen molar-refractivity contribution >= 4 is 17.5 Å². The zero-order chi connectivity index (χ0) is 15.4. The Balaban J connectivity index is 1.87. The lowest BCUT2D eigenvalue weighted by atomic mass is 9.92. The van der Waals surface area contributed by atoms with Crippen LogP contribution >= 0.6 is 11.6 Å². The molecular weight excluding hydrogens is 284 g/mol. The number of rotatable bonds is 4. The molecule has 0 saturated carbocycles. The molecule has 0 radical (unpaired) electrons. The molecule has 0 aromatic heterocycles. The molecule has 0 N–H and O–H groups in total. The van der Waals surface area contributed by atoms with Crippen LogP contribution in [0.2, 0.25) is 5.02 Å². The quantitative estimate of drug-likeness (QED) is 0.852. The molecule has 1 fully saturated rings. The molecule has 1 aliphatic rings. The number of halogens is 1. The summed E-state index contributed by atoms with van der Waals surface area (Å²) >= 11 is 5.99. The van der Waals surface area contributed by atoms with E-state index < -0.39 is 0 Å². The van der Waals surface area contributed by atoms with Crippen molar-refractivity contribution in [1.29, 1.82) is 0 Å². The van der Waals surface area contributed by atoms with Crippen LogP contribution < -0.4 is 0 Å². The first-order chi connectivity index (χ1) is 9.94. The molecule has 1 saturated heterocycles. The van der Waals surface area contributed by atoms with Gasteiger partial charge in [-0.2, -0.15) is 0 Å². The smallest absolute Gasteiger partial charge is 0.236 e. The van der Waals surface area contributed by atoms with Crippen molar-refractivity contribution in [2.45, 2.75) is 26.8 Å². The summed E-state index contributed by atoms with van der Waals surface area (Å²) in [5.74, 6) is 1.45. The van der Waals surface area contributed by atoms with Gasteiger partial charge in [-0.15, -0.1) is 0 Å². The Hall–Kier alpha value is -1.06. The first kappa shape index (κ1) is 16.3. The van der Waals surface area contributed by atoms with Crippen LogP contribution in [0.5, 0.6) is 0 Å². The van der Waals surface area contributed by atoms with E-state index in [2.05, 4.69) is 18.7 Å². The predicted molar refractivity (Wildman–Crippen MR) is 87.3 cm³/mol. The maximum atomic E-state index is 12.4. The molecule has 1 aliphatic heterocycles. The molecule has 3 nitrogen and oxygen atoms in total. The van der Waals surface area contributed by atoms with Crippen LogP contribution in [0, 0.1) is 11.8 Å². The van der Waals surface area contributed by atoms with Crippen LogP contribution in [-0.2, 0) is 11.3 Å². The van der Waals surface area contributed by atoms with Crippen LogP contribution in [0.3, 0.4) is 0 Å². The fourth-order valence-corrected chi connectivity index (χ4v) is 3.41. The number of likely N-dealkylation sites (tertiary alicyclic amines) is 1. The number of piperidine rings is 1. The van der Waals surface area contributed by atoms with Crippen molar-refractivity contribution in [2.24, 2.45) is 11.8 Å². The maximum Gasteiger partial charge on any atom is 0.236 e. The summed E-state index contributed by atoms with van der Waals surface area (Å²) in [4.78, 5) is 16.5. The minimum absolute atomic E-state index is 0.234. The summed E-state index contributed by atoms with van der Waals surface area (Å²) in [5, 5.41) is 0.742. The van der Waals surface area contributed by atoms with Gasteiger partial charge in [0.2, 0.25) is 5.91 Å². The van der Waals surface area contributed by atoms with Crippen molar-refractivity contribution in [2.75, 3.05) is 26.7 Å². The van der Waals surface area contributed by atoms with Gasteiger partial charge >= 0.3 is 0 Å². The predicted octanol–water partition coefficient (Wildman–Crippen LogP) is 3.28. The largest absolute Gasteiger partial charge is 0.341 e. The van der Waals surface area contributed by atoms with Gasteiger partial charge in [-0.25, -0.2) is 0 Å². The summed E-state index contributed by atoms with van der Waals surface area (Å²) in [6.45, 7) is 7.46. The number of hydrogen-bond acceptors (Lipinski definition) is 2. The van der Waals surface area contributed by atoms with E-state index in [1.165, 1.54) is 6.42 Å². The lowest BCUT2D eigenvalue weighted by Gasteiger charge is -2.35. The van der Waals surface area contributed by atoms with E-state index in [9.17, 15) is 4.79 Å². The average molecular weight is 309 g/mol. The van der Waals surface area contributed by atoms with Crippen LogP contribution in [-0.4, -0.2) is 42.4 Å². The van der Waals surface area contributed by atoms with Crippen LogP contribution in [0.1, 0.15) is 25.8 Å². The van der Waals surface area contributed by atoms with E-state index in [1.54, 1.807) is 0 Å². The summed E-state index contributed by atoms with van der Waals surface area (Å²) < 4.78 is 0. The standard InChI is InChI=1S/C17H25ClN2O/c1-13-7-14(2)10-20(9-13)17(21)12-19(3)11-15-5-4-6-16(18)8-15/h4-6,8,13-14H,7,9-12H2,1-3H3.